The lowest BCUT2D eigenvalue weighted by Crippen LogP contribution is -2.33. The van der Waals surface area contributed by atoms with Gasteiger partial charge in [0.05, 0.1) is 11.0 Å². The number of aromatic nitrogens is 1. The van der Waals surface area contributed by atoms with Gasteiger partial charge in [0.2, 0.25) is 0 Å². The van der Waals surface area contributed by atoms with Crippen LogP contribution in [0, 0.1) is 12.3 Å². The molecule has 1 aromatic rings. The molecule has 6 heteroatoms. The number of aliphatic carboxylic acids is 1. The zero-order valence-corrected chi connectivity index (χ0v) is 11.0. The van der Waals surface area contributed by atoms with Gasteiger partial charge in [-0.25, -0.2) is 4.98 Å². The van der Waals surface area contributed by atoms with Crippen molar-refractivity contribution in [2.45, 2.75) is 20.3 Å². The Kier molecular flexibility index (Phi) is 3.18. The van der Waals surface area contributed by atoms with Crippen molar-refractivity contribution in [3.05, 3.63) is 23.4 Å². The van der Waals surface area contributed by atoms with Crippen molar-refractivity contribution < 1.29 is 14.7 Å². The Morgan fingerprint density at radius 1 is 1.53 bits per heavy atom. The minimum Gasteiger partial charge on any atom is -0.481 e. The number of primary amides is 1. The van der Waals surface area contributed by atoms with E-state index in [2.05, 4.69) is 4.98 Å². The molecular formula is C13H17N3O3. The summed E-state index contributed by atoms with van der Waals surface area (Å²) in [5.41, 5.74) is 5.71. The van der Waals surface area contributed by atoms with Crippen LogP contribution < -0.4 is 10.6 Å². The van der Waals surface area contributed by atoms with E-state index >= 15 is 0 Å². The topological polar surface area (TPSA) is 96.5 Å². The van der Waals surface area contributed by atoms with Crippen LogP contribution >= 0.6 is 0 Å². The second-order valence-corrected chi connectivity index (χ2v) is 5.23. The first kappa shape index (κ1) is 13.3. The summed E-state index contributed by atoms with van der Waals surface area (Å²) in [7, 11) is 0. The Balaban J connectivity index is 2.37. The third-order valence-electron chi connectivity index (χ3n) is 3.67. The molecule has 2 rings (SSSR count). The SMILES string of the molecule is Cc1ccnc(N2CCC(C)(C(=O)O)C2)c1C(N)=O. The van der Waals surface area contributed by atoms with Gasteiger partial charge in [0, 0.05) is 19.3 Å². The smallest absolute Gasteiger partial charge is 0.311 e. The van der Waals surface area contributed by atoms with E-state index < -0.39 is 17.3 Å². The molecule has 1 unspecified atom stereocenters. The van der Waals surface area contributed by atoms with Gasteiger partial charge in [0.1, 0.15) is 5.82 Å². The van der Waals surface area contributed by atoms with E-state index in [1.807, 2.05) is 4.90 Å². The first-order chi connectivity index (χ1) is 8.85. The lowest BCUT2D eigenvalue weighted by atomic mass is 9.90. The number of carboxylic acids is 1. The number of rotatable bonds is 3. The molecular weight excluding hydrogens is 246 g/mol. The van der Waals surface area contributed by atoms with Gasteiger partial charge >= 0.3 is 5.97 Å². The van der Waals surface area contributed by atoms with Gasteiger partial charge < -0.3 is 15.7 Å². The van der Waals surface area contributed by atoms with Gasteiger partial charge in [0.25, 0.3) is 5.91 Å². The summed E-state index contributed by atoms with van der Waals surface area (Å²) in [6.45, 7) is 4.38. The standard InChI is InChI=1S/C13H17N3O3/c1-8-3-5-15-11(9(8)10(14)17)16-6-4-13(2,7-16)12(18)19/h3,5H,4,6-7H2,1-2H3,(H2,14,17)(H,18,19). The lowest BCUT2D eigenvalue weighted by Gasteiger charge is -2.22. The molecule has 2 heterocycles. The number of aryl methyl sites for hydroxylation is 1. The van der Waals surface area contributed by atoms with Crippen LogP contribution in [0.5, 0.6) is 0 Å². The molecule has 0 radical (unpaired) electrons. The van der Waals surface area contributed by atoms with Crippen molar-refractivity contribution >= 4 is 17.7 Å². The molecule has 0 spiro atoms. The van der Waals surface area contributed by atoms with Crippen LogP contribution in [0.2, 0.25) is 0 Å². The van der Waals surface area contributed by atoms with Gasteiger partial charge in [-0.15, -0.1) is 0 Å². The second kappa shape index (κ2) is 4.53. The van der Waals surface area contributed by atoms with Crippen LogP contribution in [0.1, 0.15) is 29.3 Å². The molecule has 1 atom stereocenters. The lowest BCUT2D eigenvalue weighted by molar-refractivity contribution is -0.146. The van der Waals surface area contributed by atoms with Crippen LogP contribution in [-0.4, -0.2) is 35.1 Å². The van der Waals surface area contributed by atoms with Gasteiger partial charge in [-0.1, -0.05) is 0 Å². The summed E-state index contributed by atoms with van der Waals surface area (Å²) in [5.74, 6) is -0.884. The Morgan fingerprint density at radius 2 is 2.21 bits per heavy atom. The van der Waals surface area contributed by atoms with Crippen molar-refractivity contribution in [2.24, 2.45) is 11.1 Å². The normalized spacial score (nSPS) is 22.5. The third-order valence-corrected chi connectivity index (χ3v) is 3.67. The van der Waals surface area contributed by atoms with E-state index in [1.165, 1.54) is 0 Å². The second-order valence-electron chi connectivity index (χ2n) is 5.23. The van der Waals surface area contributed by atoms with Crippen molar-refractivity contribution in [1.82, 2.24) is 4.98 Å². The van der Waals surface area contributed by atoms with Gasteiger partial charge in [0.15, 0.2) is 0 Å². The number of carboxylic acid groups (broad SMARTS) is 1. The highest BCUT2D eigenvalue weighted by atomic mass is 16.4. The highest BCUT2D eigenvalue weighted by Gasteiger charge is 2.41. The van der Waals surface area contributed by atoms with E-state index in [-0.39, 0.29) is 0 Å². The quantitative estimate of drug-likeness (QED) is 0.840. The molecule has 1 aliphatic rings. The fourth-order valence-electron chi connectivity index (χ4n) is 2.40. The molecule has 19 heavy (non-hydrogen) atoms. The summed E-state index contributed by atoms with van der Waals surface area (Å²) < 4.78 is 0. The van der Waals surface area contributed by atoms with Crippen LogP contribution in [0.3, 0.4) is 0 Å². The predicted octanol–water partition coefficient (Wildman–Crippen LogP) is 0.790. The average molecular weight is 263 g/mol. The number of carbonyl (C=O) groups is 2. The molecule has 0 saturated carbocycles. The Hall–Kier alpha value is -2.11. The molecule has 102 valence electrons. The van der Waals surface area contributed by atoms with Crippen LogP contribution in [0.4, 0.5) is 5.82 Å². The van der Waals surface area contributed by atoms with Gasteiger partial charge in [-0.2, -0.15) is 0 Å². The molecule has 3 N–H and O–H groups in total. The molecule has 6 nitrogen and oxygen atoms in total. The van der Waals surface area contributed by atoms with Crippen molar-refractivity contribution in [3.8, 4) is 0 Å². The van der Waals surface area contributed by atoms with E-state index in [0.29, 0.717) is 30.9 Å². The van der Waals surface area contributed by atoms with Gasteiger partial charge in [-0.05, 0) is 31.9 Å². The fourth-order valence-corrected chi connectivity index (χ4v) is 2.40. The number of pyridine rings is 1. The first-order valence-corrected chi connectivity index (χ1v) is 6.09. The maximum atomic E-state index is 11.5. The predicted molar refractivity (Wildman–Crippen MR) is 70.1 cm³/mol. The number of carbonyl (C=O) groups excluding carboxylic acids is 1. The molecule has 1 fully saturated rings. The Bertz CT molecular complexity index is 544. The van der Waals surface area contributed by atoms with Crippen LogP contribution in [0.25, 0.3) is 0 Å². The summed E-state index contributed by atoms with van der Waals surface area (Å²) in [6, 6.07) is 1.72. The number of amides is 1. The van der Waals surface area contributed by atoms with E-state index in [4.69, 9.17) is 5.73 Å². The van der Waals surface area contributed by atoms with Crippen LogP contribution in [0.15, 0.2) is 12.3 Å². The number of anilines is 1. The van der Waals surface area contributed by atoms with Crippen molar-refractivity contribution in [3.63, 3.8) is 0 Å². The number of hydrogen-bond donors (Lipinski definition) is 2. The third kappa shape index (κ3) is 2.25. The summed E-state index contributed by atoms with van der Waals surface area (Å²) >= 11 is 0. The number of nitrogens with two attached hydrogens (primary N) is 1. The first-order valence-electron chi connectivity index (χ1n) is 6.09. The fraction of sp³-hybridized carbons (Fsp3) is 0.462. The highest BCUT2D eigenvalue weighted by molar-refractivity contribution is 5.99. The van der Waals surface area contributed by atoms with Crippen molar-refractivity contribution in [2.75, 3.05) is 18.0 Å². The Labute approximate surface area is 111 Å². The zero-order valence-electron chi connectivity index (χ0n) is 11.0. The maximum absolute atomic E-state index is 11.5. The molecule has 0 bridgehead atoms. The summed E-state index contributed by atoms with van der Waals surface area (Å²) in [5, 5.41) is 9.23. The van der Waals surface area contributed by atoms with Crippen molar-refractivity contribution in [1.29, 1.82) is 0 Å². The zero-order chi connectivity index (χ0) is 14.2. The molecule has 1 aromatic heterocycles. The largest absolute Gasteiger partial charge is 0.481 e. The Morgan fingerprint density at radius 3 is 2.74 bits per heavy atom. The number of nitrogens with zero attached hydrogens (tertiary/aromatic N) is 2. The summed E-state index contributed by atoms with van der Waals surface area (Å²) in [4.78, 5) is 28.8. The molecule has 1 aliphatic heterocycles. The maximum Gasteiger partial charge on any atom is 0.311 e. The van der Waals surface area contributed by atoms with E-state index in [1.54, 1.807) is 26.1 Å². The molecule has 0 aliphatic carbocycles. The highest BCUT2D eigenvalue weighted by Crippen LogP contribution is 2.34. The van der Waals surface area contributed by atoms with E-state index in [9.17, 15) is 14.7 Å². The van der Waals surface area contributed by atoms with Crippen LogP contribution in [-0.2, 0) is 4.79 Å². The van der Waals surface area contributed by atoms with Gasteiger partial charge in [-0.3, -0.25) is 9.59 Å². The summed E-state index contributed by atoms with van der Waals surface area (Å²) in [6.07, 6.45) is 2.13. The minimum atomic E-state index is -0.830. The molecule has 1 saturated heterocycles. The average Bonchev–Trinajstić information content (AvgIpc) is 2.72. The molecule has 0 aromatic carbocycles. The number of hydrogen-bond acceptors (Lipinski definition) is 4. The van der Waals surface area contributed by atoms with E-state index in [0.717, 1.165) is 5.56 Å². The monoisotopic (exact) mass is 263 g/mol. The molecule has 1 amide bonds. The minimum absolute atomic E-state index is 0.332.